The van der Waals surface area contributed by atoms with Crippen molar-refractivity contribution < 1.29 is 47.4 Å². The van der Waals surface area contributed by atoms with Gasteiger partial charge in [0.1, 0.15) is 6.61 Å². The van der Waals surface area contributed by atoms with E-state index in [2.05, 4.69) is 12.2 Å². The topological polar surface area (TPSA) is 112 Å². The molecule has 0 atom stereocenters. The fourth-order valence-corrected chi connectivity index (χ4v) is 5.23. The molecule has 0 aromatic rings. The van der Waals surface area contributed by atoms with Gasteiger partial charge >= 0.3 is 5.97 Å². The lowest BCUT2D eigenvalue weighted by atomic mass is 10.0. The van der Waals surface area contributed by atoms with Crippen molar-refractivity contribution in [2.75, 3.05) is 119 Å². The van der Waals surface area contributed by atoms with Crippen molar-refractivity contribution in [2.45, 2.75) is 116 Å². The zero-order valence-electron chi connectivity index (χ0n) is 30.7. The number of esters is 1. The van der Waals surface area contributed by atoms with Crippen molar-refractivity contribution in [1.29, 1.82) is 0 Å². The smallest absolute Gasteiger partial charge is 0.305 e. The summed E-state index contributed by atoms with van der Waals surface area (Å²) in [5.41, 5.74) is 0. The molecule has 1 fully saturated rings. The Balaban J connectivity index is 1.64. The second-order valence-electron chi connectivity index (χ2n) is 12.3. The van der Waals surface area contributed by atoms with Gasteiger partial charge in [-0.15, -0.1) is 0 Å². The number of carbonyl (C=O) groups is 1. The van der Waals surface area contributed by atoms with Gasteiger partial charge in [-0.3, -0.25) is 4.79 Å². The molecule has 1 heterocycles. The van der Waals surface area contributed by atoms with E-state index in [4.69, 9.17) is 42.6 Å². The Morgan fingerprint density at radius 1 is 0.458 bits per heavy atom. The minimum absolute atomic E-state index is 0.126. The first-order chi connectivity index (χ1) is 23.8. The molecule has 0 radical (unpaired) electrons. The molecule has 0 aromatic heterocycles. The van der Waals surface area contributed by atoms with E-state index >= 15 is 0 Å². The summed E-state index contributed by atoms with van der Waals surface area (Å²) in [6, 6.07) is 0. The largest absolute Gasteiger partial charge is 0.463 e. The van der Waals surface area contributed by atoms with Crippen molar-refractivity contribution in [2.24, 2.45) is 0 Å². The van der Waals surface area contributed by atoms with Gasteiger partial charge in [-0.1, -0.05) is 84.0 Å². The van der Waals surface area contributed by atoms with E-state index < -0.39 is 0 Å². The summed E-state index contributed by atoms with van der Waals surface area (Å²) >= 11 is 0. The normalized spacial score (nSPS) is 13.8. The fourth-order valence-electron chi connectivity index (χ4n) is 5.23. The highest BCUT2D eigenvalue weighted by atomic mass is 16.6. The van der Waals surface area contributed by atoms with Gasteiger partial charge in [0.25, 0.3) is 0 Å². The predicted molar refractivity (Wildman–Crippen MR) is 189 cm³/mol. The number of hydrogen-bond donors (Lipinski definition) is 1. The van der Waals surface area contributed by atoms with Gasteiger partial charge in [-0.05, 0) is 32.4 Å². The third-order valence-electron chi connectivity index (χ3n) is 8.07. The van der Waals surface area contributed by atoms with Crippen molar-refractivity contribution in [3.05, 3.63) is 0 Å². The van der Waals surface area contributed by atoms with Gasteiger partial charge in [0.15, 0.2) is 0 Å². The molecular weight excluding hydrogens is 618 g/mol. The lowest BCUT2D eigenvalue weighted by molar-refractivity contribution is -0.145. The van der Waals surface area contributed by atoms with Crippen molar-refractivity contribution >= 4 is 5.97 Å². The molecule has 48 heavy (non-hydrogen) atoms. The Bertz CT molecular complexity index is 639. The van der Waals surface area contributed by atoms with Gasteiger partial charge in [0, 0.05) is 6.42 Å². The Morgan fingerprint density at radius 2 is 0.792 bits per heavy atom. The summed E-state index contributed by atoms with van der Waals surface area (Å²) in [6.45, 7) is 12.5. The maximum Gasteiger partial charge on any atom is 0.305 e. The highest BCUT2D eigenvalue weighted by molar-refractivity contribution is 5.69. The van der Waals surface area contributed by atoms with Gasteiger partial charge in [0.2, 0.25) is 0 Å². The molecule has 286 valence electrons. The van der Waals surface area contributed by atoms with Gasteiger partial charge in [0.05, 0.1) is 105 Å². The maximum atomic E-state index is 11.9. The first kappa shape index (κ1) is 45.1. The average molecular weight is 692 g/mol. The van der Waals surface area contributed by atoms with Crippen LogP contribution < -0.4 is 5.32 Å². The van der Waals surface area contributed by atoms with Crippen molar-refractivity contribution in [3.8, 4) is 0 Å². The molecule has 0 bridgehead atoms. The van der Waals surface area contributed by atoms with Gasteiger partial charge < -0.3 is 47.9 Å². The molecule has 0 aromatic carbocycles. The molecular formula is C37H73NO10. The van der Waals surface area contributed by atoms with E-state index in [9.17, 15) is 4.79 Å². The summed E-state index contributed by atoms with van der Waals surface area (Å²) < 4.78 is 49.5. The van der Waals surface area contributed by atoms with Crippen LogP contribution in [0.1, 0.15) is 110 Å². The molecule has 0 unspecified atom stereocenters. The Hall–Kier alpha value is -0.890. The SMILES string of the molecule is CCCCCCCCCCCCCCCC(=O)OCCOCCOCCOCCOCCOCCOCCOCCOC1CCNCC1. The van der Waals surface area contributed by atoms with Crippen LogP contribution in [0.2, 0.25) is 0 Å². The monoisotopic (exact) mass is 692 g/mol. The van der Waals surface area contributed by atoms with Crippen LogP contribution in [0.15, 0.2) is 0 Å². The molecule has 1 aliphatic rings. The van der Waals surface area contributed by atoms with Crippen LogP contribution in [-0.4, -0.2) is 131 Å². The lowest BCUT2D eigenvalue weighted by Crippen LogP contribution is -2.33. The Labute approximate surface area is 293 Å². The van der Waals surface area contributed by atoms with Crippen LogP contribution >= 0.6 is 0 Å². The number of nitrogens with one attached hydrogen (secondary N) is 1. The molecule has 0 aliphatic carbocycles. The van der Waals surface area contributed by atoms with Gasteiger partial charge in [-0.2, -0.15) is 0 Å². The summed E-state index contributed by atoms with van der Waals surface area (Å²) in [5, 5.41) is 3.33. The standard InChI is InChI=1S/C37H73NO10/c1-2-3-4-5-6-7-8-9-10-11-12-13-14-15-37(39)48-35-33-46-31-29-44-27-25-42-23-21-40-20-22-41-24-26-43-28-30-45-32-34-47-36-16-18-38-19-17-36/h36,38H,2-35H2,1H3. The number of unbranched alkanes of at least 4 members (excludes halogenated alkanes) is 12. The van der Waals surface area contributed by atoms with E-state index in [-0.39, 0.29) is 5.97 Å². The average Bonchev–Trinajstić information content (AvgIpc) is 3.10. The zero-order chi connectivity index (χ0) is 34.3. The number of carbonyl (C=O) groups excluding carboxylic acids is 1. The molecule has 11 heteroatoms. The molecule has 0 spiro atoms. The molecule has 1 N–H and O–H groups in total. The lowest BCUT2D eigenvalue weighted by Gasteiger charge is -2.22. The van der Waals surface area contributed by atoms with Crippen LogP contribution in [-0.2, 0) is 47.4 Å². The highest BCUT2D eigenvalue weighted by Crippen LogP contribution is 2.13. The summed E-state index contributed by atoms with van der Waals surface area (Å²) in [4.78, 5) is 11.9. The Kier molecular flexibility index (Phi) is 36.6. The van der Waals surface area contributed by atoms with E-state index in [0.29, 0.717) is 118 Å². The fraction of sp³-hybridized carbons (Fsp3) is 0.973. The number of rotatable bonds is 39. The molecule has 0 amide bonds. The minimum atomic E-state index is -0.126. The number of piperidine rings is 1. The zero-order valence-corrected chi connectivity index (χ0v) is 30.7. The first-order valence-electron chi connectivity index (χ1n) is 19.3. The highest BCUT2D eigenvalue weighted by Gasteiger charge is 2.12. The summed E-state index contributed by atoms with van der Waals surface area (Å²) in [5.74, 6) is -0.126. The molecule has 1 aliphatic heterocycles. The van der Waals surface area contributed by atoms with E-state index in [1.807, 2.05) is 0 Å². The van der Waals surface area contributed by atoms with E-state index in [1.54, 1.807) is 0 Å². The second-order valence-corrected chi connectivity index (χ2v) is 12.3. The number of hydrogen-bond acceptors (Lipinski definition) is 11. The third-order valence-corrected chi connectivity index (χ3v) is 8.07. The second kappa shape index (κ2) is 38.9. The van der Waals surface area contributed by atoms with Crippen LogP contribution in [0.4, 0.5) is 0 Å². The third kappa shape index (κ3) is 35.0. The maximum absolute atomic E-state index is 11.9. The summed E-state index contributed by atoms with van der Waals surface area (Å²) in [7, 11) is 0. The molecule has 1 rings (SSSR count). The van der Waals surface area contributed by atoms with Crippen LogP contribution in [0.25, 0.3) is 0 Å². The quantitative estimate of drug-likeness (QED) is 0.0615. The Morgan fingerprint density at radius 3 is 1.19 bits per heavy atom. The van der Waals surface area contributed by atoms with E-state index in [1.165, 1.54) is 70.6 Å². The predicted octanol–water partition coefficient (Wildman–Crippen LogP) is 5.90. The minimum Gasteiger partial charge on any atom is -0.463 e. The van der Waals surface area contributed by atoms with Crippen LogP contribution in [0.5, 0.6) is 0 Å². The van der Waals surface area contributed by atoms with Gasteiger partial charge in [-0.25, -0.2) is 0 Å². The molecule has 0 saturated carbocycles. The van der Waals surface area contributed by atoms with Crippen molar-refractivity contribution in [1.82, 2.24) is 5.32 Å². The number of ether oxygens (including phenoxy) is 9. The molecule has 11 nitrogen and oxygen atoms in total. The van der Waals surface area contributed by atoms with Crippen molar-refractivity contribution in [3.63, 3.8) is 0 Å². The van der Waals surface area contributed by atoms with E-state index in [0.717, 1.165) is 38.8 Å². The molecule has 1 saturated heterocycles. The summed E-state index contributed by atoms with van der Waals surface area (Å²) in [6.07, 6.45) is 19.9. The van der Waals surface area contributed by atoms with Crippen LogP contribution in [0, 0.1) is 0 Å². The van der Waals surface area contributed by atoms with Crippen LogP contribution in [0.3, 0.4) is 0 Å². The first-order valence-corrected chi connectivity index (χ1v) is 19.3.